The van der Waals surface area contributed by atoms with Crippen LogP contribution in [0.2, 0.25) is 0 Å². The van der Waals surface area contributed by atoms with Gasteiger partial charge in [0.05, 0.1) is 13.2 Å². The SMILES string of the molecule is CN1[C@@H](CCC(=O)N2CCOCC2)CNC(=O)[C@@H]2[C@@H]1CCN2Cc1ccccc1. The molecule has 158 valence electrons. The third kappa shape index (κ3) is 4.63. The number of hydrogen-bond donors (Lipinski definition) is 1. The van der Waals surface area contributed by atoms with Gasteiger partial charge in [0.25, 0.3) is 0 Å². The number of ether oxygens (including phenoxy) is 1. The summed E-state index contributed by atoms with van der Waals surface area (Å²) in [5.74, 6) is 0.322. The number of carbonyl (C=O) groups excluding carboxylic acids is 2. The number of nitrogens with one attached hydrogen (secondary N) is 1. The fourth-order valence-corrected chi connectivity index (χ4v) is 4.91. The van der Waals surface area contributed by atoms with Crippen LogP contribution >= 0.6 is 0 Å². The molecule has 3 fully saturated rings. The number of morpholine rings is 1. The molecule has 3 aliphatic heterocycles. The Hall–Kier alpha value is -1.96. The molecule has 3 atom stereocenters. The molecule has 0 aromatic heterocycles. The molecule has 0 saturated carbocycles. The zero-order valence-corrected chi connectivity index (χ0v) is 17.3. The molecule has 0 aliphatic carbocycles. The zero-order valence-electron chi connectivity index (χ0n) is 17.3. The quantitative estimate of drug-likeness (QED) is 0.788. The fourth-order valence-electron chi connectivity index (χ4n) is 4.91. The first-order valence-corrected chi connectivity index (χ1v) is 10.8. The molecule has 1 aromatic carbocycles. The van der Waals surface area contributed by atoms with Gasteiger partial charge in [-0.1, -0.05) is 30.3 Å². The van der Waals surface area contributed by atoms with Crippen molar-refractivity contribution < 1.29 is 14.3 Å². The van der Waals surface area contributed by atoms with Gasteiger partial charge in [-0.3, -0.25) is 19.4 Å². The summed E-state index contributed by atoms with van der Waals surface area (Å²) in [5, 5.41) is 3.15. The first-order chi connectivity index (χ1) is 14.1. The number of hydrogen-bond acceptors (Lipinski definition) is 5. The van der Waals surface area contributed by atoms with Gasteiger partial charge >= 0.3 is 0 Å². The fraction of sp³-hybridized carbons (Fsp3) is 0.636. The molecular formula is C22H32N4O3. The number of amides is 2. The minimum Gasteiger partial charge on any atom is -0.378 e. The van der Waals surface area contributed by atoms with Crippen molar-refractivity contribution in [3.8, 4) is 0 Å². The molecule has 2 amide bonds. The summed E-state index contributed by atoms with van der Waals surface area (Å²) in [6.45, 7) is 4.96. The summed E-state index contributed by atoms with van der Waals surface area (Å²) in [6.07, 6.45) is 2.28. The van der Waals surface area contributed by atoms with Gasteiger partial charge in [-0.15, -0.1) is 0 Å². The average molecular weight is 401 g/mol. The molecule has 1 aromatic rings. The van der Waals surface area contributed by atoms with Gasteiger partial charge in [-0.25, -0.2) is 0 Å². The Morgan fingerprint density at radius 1 is 1.17 bits per heavy atom. The monoisotopic (exact) mass is 400 g/mol. The van der Waals surface area contributed by atoms with Gasteiger partial charge in [0.2, 0.25) is 11.8 Å². The summed E-state index contributed by atoms with van der Waals surface area (Å²) >= 11 is 0. The maximum Gasteiger partial charge on any atom is 0.239 e. The Bertz CT molecular complexity index is 707. The van der Waals surface area contributed by atoms with E-state index in [0.29, 0.717) is 39.3 Å². The number of benzene rings is 1. The maximum absolute atomic E-state index is 12.9. The minimum absolute atomic E-state index is 0.122. The van der Waals surface area contributed by atoms with Crippen LogP contribution in [0.25, 0.3) is 0 Å². The highest BCUT2D eigenvalue weighted by Crippen LogP contribution is 2.28. The van der Waals surface area contributed by atoms with Gasteiger partial charge in [0, 0.05) is 51.2 Å². The van der Waals surface area contributed by atoms with Crippen LogP contribution in [0, 0.1) is 0 Å². The predicted octanol–water partition coefficient (Wildman–Crippen LogP) is 0.699. The lowest BCUT2D eigenvalue weighted by Gasteiger charge is -2.33. The molecule has 29 heavy (non-hydrogen) atoms. The van der Waals surface area contributed by atoms with Gasteiger partial charge in [-0.05, 0) is 25.5 Å². The summed E-state index contributed by atoms with van der Waals surface area (Å²) < 4.78 is 5.34. The van der Waals surface area contributed by atoms with Crippen LogP contribution in [0.1, 0.15) is 24.8 Å². The number of fused-ring (bicyclic) bond motifs is 1. The molecule has 0 radical (unpaired) electrons. The van der Waals surface area contributed by atoms with E-state index < -0.39 is 0 Å². The summed E-state index contributed by atoms with van der Waals surface area (Å²) in [5.41, 5.74) is 1.24. The lowest BCUT2D eigenvalue weighted by molar-refractivity contribution is -0.135. The maximum atomic E-state index is 12.9. The van der Waals surface area contributed by atoms with E-state index in [1.54, 1.807) is 0 Å². The van der Waals surface area contributed by atoms with Crippen LogP contribution in [0.4, 0.5) is 0 Å². The van der Waals surface area contributed by atoms with Crippen molar-refractivity contribution >= 4 is 11.8 Å². The van der Waals surface area contributed by atoms with E-state index in [0.717, 1.165) is 25.9 Å². The van der Waals surface area contributed by atoms with Crippen LogP contribution in [-0.4, -0.2) is 91.1 Å². The smallest absolute Gasteiger partial charge is 0.239 e. The van der Waals surface area contributed by atoms with Crippen LogP contribution in [-0.2, 0) is 20.9 Å². The number of carbonyl (C=O) groups is 2. The Balaban J connectivity index is 1.37. The highest BCUT2D eigenvalue weighted by atomic mass is 16.5. The standard InChI is InChI=1S/C22H32N4O3/c1-24-18(7-8-20(27)25-11-13-29-14-12-25)15-23-22(28)21-19(24)9-10-26(21)16-17-5-3-2-4-6-17/h2-6,18-19,21H,7-16H2,1H3,(H,23,28)/t18-,19-,21-/m0/s1. The molecule has 0 bridgehead atoms. The van der Waals surface area contributed by atoms with Gasteiger partial charge in [0.15, 0.2) is 0 Å². The number of nitrogens with zero attached hydrogens (tertiary/aromatic N) is 3. The molecular weight excluding hydrogens is 368 g/mol. The van der Waals surface area contributed by atoms with E-state index in [9.17, 15) is 9.59 Å². The van der Waals surface area contributed by atoms with E-state index in [1.165, 1.54) is 5.56 Å². The van der Waals surface area contributed by atoms with Crippen molar-refractivity contribution in [2.45, 2.75) is 43.9 Å². The third-order valence-electron chi connectivity index (χ3n) is 6.63. The number of rotatable bonds is 5. The van der Waals surface area contributed by atoms with Crippen molar-refractivity contribution in [3.63, 3.8) is 0 Å². The first-order valence-electron chi connectivity index (χ1n) is 10.8. The van der Waals surface area contributed by atoms with Gasteiger partial charge in [-0.2, -0.15) is 0 Å². The van der Waals surface area contributed by atoms with Crippen molar-refractivity contribution in [2.24, 2.45) is 0 Å². The highest BCUT2D eigenvalue weighted by molar-refractivity contribution is 5.83. The van der Waals surface area contributed by atoms with E-state index in [1.807, 2.05) is 23.1 Å². The molecule has 3 saturated heterocycles. The molecule has 4 rings (SSSR count). The second-order valence-electron chi connectivity index (χ2n) is 8.35. The van der Waals surface area contributed by atoms with E-state index in [4.69, 9.17) is 4.74 Å². The van der Waals surface area contributed by atoms with Crippen molar-refractivity contribution in [1.82, 2.24) is 20.0 Å². The second-order valence-corrected chi connectivity index (χ2v) is 8.35. The highest BCUT2D eigenvalue weighted by Gasteiger charge is 2.44. The molecule has 3 aliphatic rings. The summed E-state index contributed by atoms with van der Waals surface area (Å²) in [7, 11) is 2.12. The molecule has 1 N–H and O–H groups in total. The van der Waals surface area contributed by atoms with Crippen LogP contribution in [0.3, 0.4) is 0 Å². The van der Waals surface area contributed by atoms with Gasteiger partial charge in [0.1, 0.15) is 6.04 Å². The third-order valence-corrected chi connectivity index (χ3v) is 6.63. The van der Waals surface area contributed by atoms with E-state index in [2.05, 4.69) is 34.3 Å². The largest absolute Gasteiger partial charge is 0.378 e. The van der Waals surface area contributed by atoms with E-state index in [-0.39, 0.29) is 29.9 Å². The normalized spacial score (nSPS) is 28.7. The Kier molecular flexibility index (Phi) is 6.47. The zero-order chi connectivity index (χ0) is 20.2. The Morgan fingerprint density at radius 3 is 2.69 bits per heavy atom. The molecule has 0 unspecified atom stereocenters. The minimum atomic E-state index is -0.125. The molecule has 0 spiro atoms. The van der Waals surface area contributed by atoms with Crippen LogP contribution in [0.5, 0.6) is 0 Å². The average Bonchev–Trinajstić information content (AvgIpc) is 3.13. The van der Waals surface area contributed by atoms with Gasteiger partial charge < -0.3 is 15.0 Å². The number of likely N-dealkylation sites (N-methyl/N-ethyl adjacent to an activating group) is 1. The molecule has 7 nitrogen and oxygen atoms in total. The topological polar surface area (TPSA) is 65.1 Å². The second kappa shape index (κ2) is 9.24. The predicted molar refractivity (Wildman–Crippen MR) is 110 cm³/mol. The molecule has 3 heterocycles. The van der Waals surface area contributed by atoms with Crippen molar-refractivity contribution in [2.75, 3.05) is 46.4 Å². The van der Waals surface area contributed by atoms with E-state index >= 15 is 0 Å². The van der Waals surface area contributed by atoms with Crippen LogP contribution < -0.4 is 5.32 Å². The van der Waals surface area contributed by atoms with Crippen molar-refractivity contribution in [1.29, 1.82) is 0 Å². The van der Waals surface area contributed by atoms with Crippen molar-refractivity contribution in [3.05, 3.63) is 35.9 Å². The Labute approximate surface area is 173 Å². The summed E-state index contributed by atoms with van der Waals surface area (Å²) in [6, 6.07) is 10.6. The van der Waals surface area contributed by atoms with Crippen LogP contribution in [0.15, 0.2) is 30.3 Å². The Morgan fingerprint density at radius 2 is 1.93 bits per heavy atom. The molecule has 7 heteroatoms. The lowest BCUT2D eigenvalue weighted by atomic mass is 10.0. The summed E-state index contributed by atoms with van der Waals surface area (Å²) in [4.78, 5) is 32.0. The first kappa shape index (κ1) is 20.3. The lowest BCUT2D eigenvalue weighted by Crippen LogP contribution is -2.49. The number of likely N-dealkylation sites (tertiary alicyclic amines) is 1.